The number of nitrogens with zero attached hydrogens (tertiary/aromatic N) is 1. The fraction of sp³-hybridized carbons (Fsp3) is 0.200. The molecule has 1 aromatic heterocycles. The smallest absolute Gasteiger partial charge is 0.328 e. The highest BCUT2D eigenvalue weighted by Gasteiger charge is 2.16. The second kappa shape index (κ2) is 7.53. The molecule has 0 saturated heterocycles. The molecule has 1 unspecified atom stereocenters. The summed E-state index contributed by atoms with van der Waals surface area (Å²) in [5, 5.41) is 2.52. The zero-order chi connectivity index (χ0) is 18.6. The Morgan fingerprint density at radius 2 is 1.88 bits per heavy atom. The Morgan fingerprint density at radius 1 is 1.24 bits per heavy atom. The van der Waals surface area contributed by atoms with Crippen LogP contribution in [0.1, 0.15) is 12.0 Å². The molecule has 2 amide bonds. The van der Waals surface area contributed by atoms with Crippen LogP contribution in [0.2, 0.25) is 0 Å². The van der Waals surface area contributed by atoms with Crippen LogP contribution in [0.5, 0.6) is 0 Å². The van der Waals surface area contributed by atoms with Crippen molar-refractivity contribution in [3.8, 4) is 0 Å². The number of rotatable bonds is 6. The van der Waals surface area contributed by atoms with E-state index in [0.29, 0.717) is 11.3 Å². The van der Waals surface area contributed by atoms with Crippen molar-refractivity contribution in [3.63, 3.8) is 0 Å². The van der Waals surface area contributed by atoms with Gasteiger partial charge in [-0.25, -0.2) is 4.79 Å². The van der Waals surface area contributed by atoms with E-state index in [1.54, 1.807) is 24.3 Å². The van der Waals surface area contributed by atoms with E-state index in [0.717, 1.165) is 10.8 Å². The molecular formula is C15H16FN5O4. The van der Waals surface area contributed by atoms with E-state index >= 15 is 0 Å². The Kier molecular flexibility index (Phi) is 5.45. The fourth-order valence-electron chi connectivity index (χ4n) is 2.03. The number of carbonyl (C=O) groups is 2. The van der Waals surface area contributed by atoms with Gasteiger partial charge >= 0.3 is 5.69 Å². The molecule has 132 valence electrons. The number of nitrogens with one attached hydrogen (secondary N) is 2. The molecule has 9 nitrogen and oxygen atoms in total. The third kappa shape index (κ3) is 4.85. The first kappa shape index (κ1) is 18.1. The number of carbonyl (C=O) groups excluding carboxylic acids is 2. The van der Waals surface area contributed by atoms with Crippen LogP contribution in [0.3, 0.4) is 0 Å². The topological polar surface area (TPSA) is 153 Å². The Bertz CT molecular complexity index is 903. The molecule has 0 bridgehead atoms. The normalized spacial score (nSPS) is 11.8. The van der Waals surface area contributed by atoms with Gasteiger partial charge in [0.15, 0.2) is 0 Å². The van der Waals surface area contributed by atoms with Crippen LogP contribution in [-0.4, -0.2) is 27.4 Å². The van der Waals surface area contributed by atoms with Gasteiger partial charge in [-0.05, 0) is 17.7 Å². The first-order chi connectivity index (χ1) is 11.8. The number of H-pyrrole nitrogens is 1. The summed E-state index contributed by atoms with van der Waals surface area (Å²) in [6.07, 6.45) is 0.546. The Balaban J connectivity index is 2.06. The van der Waals surface area contributed by atoms with Gasteiger partial charge in [-0.3, -0.25) is 23.9 Å². The van der Waals surface area contributed by atoms with Gasteiger partial charge in [0.1, 0.15) is 0 Å². The van der Waals surface area contributed by atoms with E-state index in [-0.39, 0.29) is 13.0 Å². The maximum atomic E-state index is 13.2. The Morgan fingerprint density at radius 3 is 2.48 bits per heavy atom. The summed E-state index contributed by atoms with van der Waals surface area (Å²) in [5.41, 5.74) is 9.74. The number of benzene rings is 1. The van der Waals surface area contributed by atoms with Crippen LogP contribution in [0.15, 0.2) is 40.1 Å². The molecule has 1 aromatic carbocycles. The molecule has 2 rings (SSSR count). The predicted molar refractivity (Wildman–Crippen MR) is 87.2 cm³/mol. The Labute approximate surface area is 140 Å². The summed E-state index contributed by atoms with van der Waals surface area (Å²) in [6, 6.07) is 5.25. The SMILES string of the molecule is NC(=O)CC(N)C(=O)Nc1ccc(Cn2cc(F)c(=O)[nH]c2=O)cc1. The lowest BCUT2D eigenvalue weighted by Crippen LogP contribution is -2.38. The number of hydrogen-bond acceptors (Lipinski definition) is 5. The van der Waals surface area contributed by atoms with E-state index in [2.05, 4.69) is 5.32 Å². The largest absolute Gasteiger partial charge is 0.370 e. The minimum absolute atomic E-state index is 0.0297. The molecule has 0 spiro atoms. The molecule has 25 heavy (non-hydrogen) atoms. The molecule has 0 fully saturated rings. The molecule has 0 aliphatic heterocycles. The molecule has 0 aliphatic rings. The predicted octanol–water partition coefficient (Wildman–Crippen LogP) is -1.13. The van der Waals surface area contributed by atoms with E-state index in [1.165, 1.54) is 0 Å². The minimum atomic E-state index is -1.08. The highest BCUT2D eigenvalue weighted by Crippen LogP contribution is 2.11. The van der Waals surface area contributed by atoms with Crippen LogP contribution < -0.4 is 28.0 Å². The van der Waals surface area contributed by atoms with Gasteiger partial charge in [-0.2, -0.15) is 4.39 Å². The van der Waals surface area contributed by atoms with Gasteiger partial charge in [0.2, 0.25) is 17.6 Å². The van der Waals surface area contributed by atoms with Crippen LogP contribution in [0, 0.1) is 5.82 Å². The number of aromatic amines is 1. The number of hydrogen-bond donors (Lipinski definition) is 4. The second-order valence-electron chi connectivity index (χ2n) is 5.33. The first-order valence-electron chi connectivity index (χ1n) is 7.19. The third-order valence-electron chi connectivity index (χ3n) is 3.30. The summed E-state index contributed by atoms with van der Waals surface area (Å²) in [5.74, 6) is -2.31. The fourth-order valence-corrected chi connectivity index (χ4v) is 2.03. The number of primary amides is 1. The number of amides is 2. The molecular weight excluding hydrogens is 333 g/mol. The second-order valence-corrected chi connectivity index (χ2v) is 5.33. The van der Waals surface area contributed by atoms with Crippen molar-refractivity contribution >= 4 is 17.5 Å². The lowest BCUT2D eigenvalue weighted by Gasteiger charge is -2.11. The molecule has 2 aromatic rings. The Hall–Kier alpha value is -3.27. The highest BCUT2D eigenvalue weighted by atomic mass is 19.1. The molecule has 10 heteroatoms. The maximum absolute atomic E-state index is 13.2. The van der Waals surface area contributed by atoms with Gasteiger partial charge in [0.05, 0.1) is 25.2 Å². The summed E-state index contributed by atoms with van der Waals surface area (Å²) in [4.78, 5) is 47.0. The number of halogens is 1. The van der Waals surface area contributed by atoms with Crippen molar-refractivity contribution in [2.24, 2.45) is 11.5 Å². The van der Waals surface area contributed by atoms with Crippen LogP contribution in [0.4, 0.5) is 10.1 Å². The van der Waals surface area contributed by atoms with Crippen molar-refractivity contribution in [1.29, 1.82) is 0 Å². The van der Waals surface area contributed by atoms with Crippen LogP contribution in [-0.2, 0) is 16.1 Å². The van der Waals surface area contributed by atoms with Crippen LogP contribution in [0.25, 0.3) is 0 Å². The van der Waals surface area contributed by atoms with E-state index in [1.807, 2.05) is 4.98 Å². The summed E-state index contributed by atoms with van der Waals surface area (Å²) in [6.45, 7) is 0.0297. The van der Waals surface area contributed by atoms with Crippen molar-refractivity contribution in [3.05, 3.63) is 62.7 Å². The molecule has 0 saturated carbocycles. The quantitative estimate of drug-likeness (QED) is 0.519. The minimum Gasteiger partial charge on any atom is -0.370 e. The van der Waals surface area contributed by atoms with E-state index in [9.17, 15) is 23.6 Å². The molecule has 6 N–H and O–H groups in total. The third-order valence-corrected chi connectivity index (χ3v) is 3.30. The summed E-state index contributed by atoms with van der Waals surface area (Å²) < 4.78 is 14.2. The average molecular weight is 349 g/mol. The van der Waals surface area contributed by atoms with E-state index < -0.39 is 34.9 Å². The average Bonchev–Trinajstić information content (AvgIpc) is 2.53. The number of nitrogens with two attached hydrogens (primary N) is 2. The lowest BCUT2D eigenvalue weighted by molar-refractivity contribution is -0.123. The van der Waals surface area contributed by atoms with Crippen LogP contribution >= 0.6 is 0 Å². The lowest BCUT2D eigenvalue weighted by atomic mass is 10.1. The zero-order valence-electron chi connectivity index (χ0n) is 13.0. The zero-order valence-corrected chi connectivity index (χ0v) is 13.0. The van der Waals surface area contributed by atoms with Gasteiger partial charge in [0, 0.05) is 5.69 Å². The molecule has 0 aliphatic carbocycles. The van der Waals surface area contributed by atoms with Crippen molar-refractivity contribution in [2.45, 2.75) is 19.0 Å². The first-order valence-corrected chi connectivity index (χ1v) is 7.19. The molecule has 1 heterocycles. The number of anilines is 1. The summed E-state index contributed by atoms with van der Waals surface area (Å²) >= 11 is 0. The maximum Gasteiger partial charge on any atom is 0.328 e. The van der Waals surface area contributed by atoms with Crippen molar-refractivity contribution in [2.75, 3.05) is 5.32 Å². The monoisotopic (exact) mass is 349 g/mol. The summed E-state index contributed by atoms with van der Waals surface area (Å²) in [7, 11) is 0. The highest BCUT2D eigenvalue weighted by molar-refractivity contribution is 5.97. The van der Waals surface area contributed by atoms with Crippen molar-refractivity contribution < 1.29 is 14.0 Å². The standard InChI is InChI=1S/C15H16FN5O4/c16-10-7-21(15(25)20-13(10)23)6-8-1-3-9(4-2-8)19-14(24)11(17)5-12(18)22/h1-4,7,11H,5-6,17H2,(H2,18,22)(H,19,24)(H,20,23,25). The van der Waals surface area contributed by atoms with Gasteiger partial charge in [-0.1, -0.05) is 12.1 Å². The van der Waals surface area contributed by atoms with Gasteiger partial charge in [-0.15, -0.1) is 0 Å². The van der Waals surface area contributed by atoms with E-state index in [4.69, 9.17) is 11.5 Å². The van der Waals surface area contributed by atoms with Gasteiger partial charge in [0.25, 0.3) is 5.56 Å². The van der Waals surface area contributed by atoms with Crippen molar-refractivity contribution in [1.82, 2.24) is 9.55 Å². The molecule has 1 atom stereocenters. The molecule has 0 radical (unpaired) electrons. The van der Waals surface area contributed by atoms with Gasteiger partial charge < -0.3 is 16.8 Å². The number of aromatic nitrogens is 2.